The van der Waals surface area contributed by atoms with E-state index < -0.39 is 11.7 Å². The number of hydrogen-bond acceptors (Lipinski definition) is 4. The molecule has 3 nitrogen and oxygen atoms in total. The fourth-order valence-electron chi connectivity index (χ4n) is 1.48. The Morgan fingerprint density at radius 2 is 2.26 bits per heavy atom. The number of aliphatic hydroxyl groups is 1. The molecule has 1 aromatic heterocycles. The quantitative estimate of drug-likeness (QED) is 0.854. The number of fused-ring (bicyclic) bond motifs is 1. The molecule has 2 rings (SSSR count). The number of benzene rings is 1. The van der Waals surface area contributed by atoms with Gasteiger partial charge >= 0.3 is 5.92 Å². The maximum atomic E-state index is 12.9. The summed E-state index contributed by atoms with van der Waals surface area (Å²) in [5.41, 5.74) is 0.687. The third-order valence-electron chi connectivity index (χ3n) is 2.40. The van der Waals surface area contributed by atoms with Gasteiger partial charge in [0.25, 0.3) is 0 Å². The Balaban J connectivity index is 2.37. The molecule has 0 aliphatic heterocycles. The number of halogens is 2. The number of allylic oxidation sites excluding steroid dienone is 1. The van der Waals surface area contributed by atoms with Crippen LogP contribution >= 0.6 is 11.3 Å². The molecule has 0 amide bonds. The van der Waals surface area contributed by atoms with E-state index in [2.05, 4.69) is 4.98 Å². The third kappa shape index (κ3) is 3.20. The molecule has 0 bridgehead atoms. The Bertz CT molecular complexity index is 617. The lowest BCUT2D eigenvalue weighted by Crippen LogP contribution is -2.12. The summed E-state index contributed by atoms with van der Waals surface area (Å²) in [5.74, 6) is -3.54. The third-order valence-corrected chi connectivity index (χ3v) is 3.36. The monoisotopic (exact) mass is 285 g/mol. The number of ether oxygens (including phenoxy) is 1. The van der Waals surface area contributed by atoms with Crippen LogP contribution in [0.1, 0.15) is 18.9 Å². The lowest BCUT2D eigenvalue weighted by molar-refractivity contribution is 0.0208. The summed E-state index contributed by atoms with van der Waals surface area (Å²) in [6.45, 7) is 3.08. The highest BCUT2D eigenvalue weighted by Gasteiger charge is 2.27. The van der Waals surface area contributed by atoms with Gasteiger partial charge in [0.1, 0.15) is 10.8 Å². The van der Waals surface area contributed by atoms with Crippen LogP contribution in [0.25, 0.3) is 16.3 Å². The summed E-state index contributed by atoms with van der Waals surface area (Å²) >= 11 is 1.22. The first-order valence-electron chi connectivity index (χ1n) is 5.72. The molecule has 0 atom stereocenters. The normalized spacial score (nSPS) is 12.9. The van der Waals surface area contributed by atoms with E-state index in [4.69, 9.17) is 4.74 Å². The number of hydrogen-bond donors (Lipinski definition) is 1. The topological polar surface area (TPSA) is 42.4 Å². The highest BCUT2D eigenvalue weighted by atomic mass is 32.1. The van der Waals surface area contributed by atoms with Crippen LogP contribution in [0.15, 0.2) is 24.0 Å². The number of alkyl halides is 2. The van der Waals surface area contributed by atoms with E-state index >= 15 is 0 Å². The minimum Gasteiger partial charge on any atom is -0.506 e. The van der Waals surface area contributed by atoms with Crippen molar-refractivity contribution in [1.29, 1.82) is 0 Å². The Morgan fingerprint density at radius 1 is 1.53 bits per heavy atom. The molecule has 0 spiro atoms. The van der Waals surface area contributed by atoms with Crippen molar-refractivity contribution in [3.63, 3.8) is 0 Å². The minimum atomic E-state index is -3.26. The van der Waals surface area contributed by atoms with Gasteiger partial charge in [0.15, 0.2) is 5.76 Å². The van der Waals surface area contributed by atoms with E-state index in [1.807, 2.05) is 6.92 Å². The first kappa shape index (κ1) is 13.7. The molecule has 1 N–H and O–H groups in total. The van der Waals surface area contributed by atoms with E-state index in [9.17, 15) is 13.9 Å². The first-order valence-corrected chi connectivity index (χ1v) is 6.54. The number of aromatic nitrogens is 1. The fraction of sp³-hybridized carbons (Fsp3) is 0.308. The van der Waals surface area contributed by atoms with Crippen molar-refractivity contribution in [3.8, 4) is 5.75 Å². The average Bonchev–Trinajstić information content (AvgIpc) is 2.69. The van der Waals surface area contributed by atoms with E-state index in [0.29, 0.717) is 29.8 Å². The van der Waals surface area contributed by atoms with E-state index in [-0.39, 0.29) is 0 Å². The average molecular weight is 285 g/mol. The molecule has 0 unspecified atom stereocenters. The molecular formula is C13H13F2NO2S. The Labute approximate surface area is 113 Å². The second-order valence-electron chi connectivity index (χ2n) is 4.03. The summed E-state index contributed by atoms with van der Waals surface area (Å²) in [6, 6.07) is 5.33. The molecule has 2 aromatic rings. The van der Waals surface area contributed by atoms with Crippen LogP contribution in [0.3, 0.4) is 0 Å². The highest BCUT2D eigenvalue weighted by molar-refractivity contribution is 7.19. The summed E-state index contributed by atoms with van der Waals surface area (Å²) in [7, 11) is 0. The zero-order valence-electron chi connectivity index (χ0n) is 10.5. The second-order valence-corrected chi connectivity index (χ2v) is 5.09. The van der Waals surface area contributed by atoms with Crippen molar-refractivity contribution in [1.82, 2.24) is 4.98 Å². The van der Waals surface area contributed by atoms with E-state index in [0.717, 1.165) is 10.8 Å². The van der Waals surface area contributed by atoms with Crippen molar-refractivity contribution in [2.45, 2.75) is 19.8 Å². The van der Waals surface area contributed by atoms with Gasteiger partial charge in [-0.05, 0) is 25.1 Å². The number of aliphatic hydroxyl groups excluding tert-OH is 1. The van der Waals surface area contributed by atoms with Crippen molar-refractivity contribution in [2.75, 3.05) is 6.61 Å². The minimum absolute atomic E-state index is 0.336. The zero-order chi connectivity index (χ0) is 14.0. The molecule has 0 saturated heterocycles. The smallest absolute Gasteiger partial charge is 0.301 e. The van der Waals surface area contributed by atoms with Crippen LogP contribution in [-0.2, 0) is 0 Å². The van der Waals surface area contributed by atoms with Crippen molar-refractivity contribution >= 4 is 27.6 Å². The van der Waals surface area contributed by atoms with Gasteiger partial charge < -0.3 is 9.84 Å². The Hall–Kier alpha value is -1.69. The van der Waals surface area contributed by atoms with E-state index in [1.54, 1.807) is 18.2 Å². The maximum absolute atomic E-state index is 12.9. The maximum Gasteiger partial charge on any atom is 0.301 e. The lowest BCUT2D eigenvalue weighted by Gasteiger charge is -2.07. The van der Waals surface area contributed by atoms with Crippen LogP contribution < -0.4 is 4.74 Å². The molecule has 1 aromatic carbocycles. The summed E-state index contributed by atoms with van der Waals surface area (Å²) in [6.07, 6.45) is 0.991. The van der Waals surface area contributed by atoms with Crippen molar-refractivity contribution < 1.29 is 18.6 Å². The Morgan fingerprint density at radius 3 is 2.89 bits per heavy atom. The Kier molecular flexibility index (Phi) is 3.71. The van der Waals surface area contributed by atoms with Gasteiger partial charge in [0, 0.05) is 13.0 Å². The molecule has 1 heterocycles. The molecule has 102 valence electrons. The fourth-order valence-corrected chi connectivity index (χ4v) is 2.42. The molecule has 0 fully saturated rings. The molecule has 0 aliphatic carbocycles. The summed E-state index contributed by atoms with van der Waals surface area (Å²) in [4.78, 5) is 4.16. The number of thiazole rings is 1. The molecule has 0 saturated carbocycles. The summed E-state index contributed by atoms with van der Waals surface area (Å²) < 4.78 is 31.9. The summed E-state index contributed by atoms with van der Waals surface area (Å²) in [5, 5.41) is 9.59. The van der Waals surface area contributed by atoms with Crippen LogP contribution in [-0.4, -0.2) is 22.6 Å². The first-order chi connectivity index (χ1) is 8.90. The predicted octanol–water partition coefficient (Wildman–Crippen LogP) is 4.25. The zero-order valence-corrected chi connectivity index (χ0v) is 11.3. The molecular weight excluding hydrogens is 272 g/mol. The number of nitrogens with zero attached hydrogens (tertiary/aromatic N) is 1. The van der Waals surface area contributed by atoms with Gasteiger partial charge in [0.2, 0.25) is 0 Å². The largest absolute Gasteiger partial charge is 0.506 e. The highest BCUT2D eigenvalue weighted by Crippen LogP contribution is 2.29. The van der Waals surface area contributed by atoms with Crippen LogP contribution in [0.5, 0.6) is 5.75 Å². The number of rotatable bonds is 4. The van der Waals surface area contributed by atoms with Gasteiger partial charge in [-0.2, -0.15) is 8.78 Å². The second kappa shape index (κ2) is 5.13. The van der Waals surface area contributed by atoms with Crippen LogP contribution in [0.4, 0.5) is 8.78 Å². The van der Waals surface area contributed by atoms with Gasteiger partial charge in [-0.15, -0.1) is 11.3 Å². The van der Waals surface area contributed by atoms with Gasteiger partial charge in [-0.25, -0.2) is 4.98 Å². The van der Waals surface area contributed by atoms with Crippen LogP contribution in [0.2, 0.25) is 0 Å². The molecule has 0 aliphatic rings. The molecule has 6 heteroatoms. The molecule has 19 heavy (non-hydrogen) atoms. The van der Waals surface area contributed by atoms with Gasteiger partial charge in [-0.1, -0.05) is 0 Å². The lowest BCUT2D eigenvalue weighted by atomic mass is 10.3. The van der Waals surface area contributed by atoms with Crippen molar-refractivity contribution in [3.05, 3.63) is 29.0 Å². The predicted molar refractivity (Wildman–Crippen MR) is 72.0 cm³/mol. The molecule has 0 radical (unpaired) electrons. The SMILES string of the molecule is CCOc1ccc2nc(C=C(O)C(C)(F)F)sc2c1. The van der Waals surface area contributed by atoms with Gasteiger partial charge in [0.05, 0.1) is 16.8 Å². The van der Waals surface area contributed by atoms with Crippen molar-refractivity contribution in [2.24, 2.45) is 0 Å². The standard InChI is InChI=1S/C13H13F2NO2S/c1-3-18-8-4-5-9-10(6-8)19-12(16-9)7-11(17)13(2,14)15/h4-7,17H,3H2,1-2H3. The van der Waals surface area contributed by atoms with E-state index in [1.165, 1.54) is 11.3 Å². The van der Waals surface area contributed by atoms with Crippen LogP contribution in [0, 0.1) is 0 Å². The van der Waals surface area contributed by atoms with Gasteiger partial charge in [-0.3, -0.25) is 0 Å².